The molecule has 4 nitrogen and oxygen atoms in total. The predicted molar refractivity (Wildman–Crippen MR) is 71.2 cm³/mol. The molecule has 0 aliphatic heterocycles. The van der Waals surface area contributed by atoms with Gasteiger partial charge in [-0.1, -0.05) is 18.2 Å². The van der Waals surface area contributed by atoms with Crippen molar-refractivity contribution >= 4 is 16.7 Å². The zero-order chi connectivity index (χ0) is 13.1. The summed E-state index contributed by atoms with van der Waals surface area (Å²) >= 11 is 0. The van der Waals surface area contributed by atoms with E-state index in [4.69, 9.17) is 16.2 Å². The second-order valence-electron chi connectivity index (χ2n) is 4.25. The SMILES string of the molecule is COc1ccc2cc([C@H](N)CC(N)=O)ccc2c1. The Labute approximate surface area is 106 Å². The van der Waals surface area contributed by atoms with E-state index in [-0.39, 0.29) is 12.5 Å². The molecule has 4 heteroatoms. The molecule has 0 aliphatic carbocycles. The standard InChI is InChI=1S/C14H16N2O2/c1-18-12-5-4-9-6-11(3-2-10(9)7-12)13(15)8-14(16)17/h2-7,13H,8,15H2,1H3,(H2,16,17)/t13-/m1/s1. The second-order valence-corrected chi connectivity index (χ2v) is 4.25. The third-order valence-corrected chi connectivity index (χ3v) is 2.92. The van der Waals surface area contributed by atoms with Gasteiger partial charge in [-0.15, -0.1) is 0 Å². The van der Waals surface area contributed by atoms with Gasteiger partial charge < -0.3 is 16.2 Å². The fraction of sp³-hybridized carbons (Fsp3) is 0.214. The van der Waals surface area contributed by atoms with E-state index in [9.17, 15) is 4.79 Å². The highest BCUT2D eigenvalue weighted by Crippen LogP contribution is 2.24. The molecule has 4 N–H and O–H groups in total. The van der Waals surface area contributed by atoms with Gasteiger partial charge >= 0.3 is 0 Å². The summed E-state index contributed by atoms with van der Waals surface area (Å²) in [6.45, 7) is 0. The van der Waals surface area contributed by atoms with E-state index in [1.165, 1.54) is 0 Å². The minimum Gasteiger partial charge on any atom is -0.497 e. The van der Waals surface area contributed by atoms with Gasteiger partial charge in [0.1, 0.15) is 5.75 Å². The molecule has 0 bridgehead atoms. The Balaban J connectivity index is 2.35. The van der Waals surface area contributed by atoms with Crippen molar-refractivity contribution in [3.05, 3.63) is 42.0 Å². The van der Waals surface area contributed by atoms with E-state index in [1.807, 2.05) is 36.4 Å². The average molecular weight is 244 g/mol. The van der Waals surface area contributed by atoms with E-state index >= 15 is 0 Å². The highest BCUT2D eigenvalue weighted by molar-refractivity contribution is 5.85. The summed E-state index contributed by atoms with van der Waals surface area (Å²) in [6.07, 6.45) is 0.154. The lowest BCUT2D eigenvalue weighted by Gasteiger charge is -2.11. The lowest BCUT2D eigenvalue weighted by molar-refractivity contribution is -0.118. The zero-order valence-corrected chi connectivity index (χ0v) is 10.2. The molecule has 0 saturated carbocycles. The van der Waals surface area contributed by atoms with Crippen LogP contribution >= 0.6 is 0 Å². The van der Waals surface area contributed by atoms with Crippen LogP contribution in [0.1, 0.15) is 18.0 Å². The first-order valence-electron chi connectivity index (χ1n) is 5.72. The lowest BCUT2D eigenvalue weighted by Crippen LogP contribution is -2.20. The number of methoxy groups -OCH3 is 1. The monoisotopic (exact) mass is 244 g/mol. The Morgan fingerprint density at radius 2 is 1.89 bits per heavy atom. The van der Waals surface area contributed by atoms with E-state index in [2.05, 4.69) is 0 Å². The lowest BCUT2D eigenvalue weighted by atomic mass is 10.00. The first-order valence-corrected chi connectivity index (χ1v) is 5.72. The normalized spacial score (nSPS) is 12.3. The highest BCUT2D eigenvalue weighted by atomic mass is 16.5. The summed E-state index contributed by atoms with van der Waals surface area (Å²) in [6, 6.07) is 11.3. The number of amides is 1. The summed E-state index contributed by atoms with van der Waals surface area (Å²) in [4.78, 5) is 10.9. The molecule has 0 fully saturated rings. The number of primary amides is 1. The smallest absolute Gasteiger partial charge is 0.219 e. The van der Waals surface area contributed by atoms with E-state index in [1.54, 1.807) is 7.11 Å². The van der Waals surface area contributed by atoms with Crippen LogP contribution in [0.4, 0.5) is 0 Å². The maximum Gasteiger partial charge on any atom is 0.219 e. The Kier molecular flexibility index (Phi) is 3.48. The maximum absolute atomic E-state index is 10.9. The minimum atomic E-state index is -0.391. The number of carbonyl (C=O) groups is 1. The molecule has 94 valence electrons. The third kappa shape index (κ3) is 2.60. The Hall–Kier alpha value is -2.07. The van der Waals surface area contributed by atoms with E-state index in [0.29, 0.717) is 0 Å². The fourth-order valence-corrected chi connectivity index (χ4v) is 1.93. The molecule has 0 heterocycles. The van der Waals surface area contributed by atoms with Gasteiger partial charge in [-0.05, 0) is 34.5 Å². The summed E-state index contributed by atoms with van der Waals surface area (Å²) in [7, 11) is 1.64. The molecule has 0 saturated heterocycles. The quantitative estimate of drug-likeness (QED) is 0.859. The van der Waals surface area contributed by atoms with Gasteiger partial charge in [0.25, 0.3) is 0 Å². The maximum atomic E-state index is 10.9. The summed E-state index contributed by atoms with van der Waals surface area (Å²) in [5, 5.41) is 2.14. The van der Waals surface area contributed by atoms with E-state index in [0.717, 1.165) is 22.1 Å². The van der Waals surface area contributed by atoms with Crippen LogP contribution in [0, 0.1) is 0 Å². The predicted octanol–water partition coefficient (Wildman–Crippen LogP) is 1.72. The minimum absolute atomic E-state index is 0.154. The molecule has 1 amide bonds. The van der Waals surface area contributed by atoms with Crippen LogP contribution in [0.3, 0.4) is 0 Å². The van der Waals surface area contributed by atoms with Gasteiger partial charge in [-0.3, -0.25) is 4.79 Å². The molecular formula is C14H16N2O2. The van der Waals surface area contributed by atoms with Gasteiger partial charge in [0, 0.05) is 12.5 Å². The first-order chi connectivity index (χ1) is 8.60. The number of rotatable bonds is 4. The Morgan fingerprint density at radius 1 is 1.22 bits per heavy atom. The van der Waals surface area contributed by atoms with E-state index < -0.39 is 5.91 Å². The molecule has 0 spiro atoms. The van der Waals surface area contributed by atoms with Gasteiger partial charge in [0.15, 0.2) is 0 Å². The van der Waals surface area contributed by atoms with Crippen LogP contribution in [0.25, 0.3) is 10.8 Å². The van der Waals surface area contributed by atoms with Crippen LogP contribution in [0.5, 0.6) is 5.75 Å². The fourth-order valence-electron chi connectivity index (χ4n) is 1.93. The molecule has 0 radical (unpaired) electrons. The number of fused-ring (bicyclic) bond motifs is 1. The van der Waals surface area contributed by atoms with Crippen molar-refractivity contribution in [3.8, 4) is 5.75 Å². The van der Waals surface area contributed by atoms with Crippen LogP contribution < -0.4 is 16.2 Å². The molecule has 0 unspecified atom stereocenters. The number of hydrogen-bond donors (Lipinski definition) is 2. The third-order valence-electron chi connectivity index (χ3n) is 2.92. The van der Waals surface area contributed by atoms with Crippen molar-refractivity contribution in [2.75, 3.05) is 7.11 Å². The molecule has 2 aromatic carbocycles. The van der Waals surface area contributed by atoms with Crippen LogP contribution in [0.15, 0.2) is 36.4 Å². The van der Waals surface area contributed by atoms with Crippen molar-refractivity contribution in [2.45, 2.75) is 12.5 Å². The zero-order valence-electron chi connectivity index (χ0n) is 10.2. The molecule has 1 atom stereocenters. The summed E-state index contributed by atoms with van der Waals surface area (Å²) in [5.74, 6) is 0.425. The average Bonchev–Trinajstić information content (AvgIpc) is 2.36. The molecule has 0 aliphatic rings. The van der Waals surface area contributed by atoms with Crippen LogP contribution in [0.2, 0.25) is 0 Å². The molecular weight excluding hydrogens is 228 g/mol. The largest absolute Gasteiger partial charge is 0.497 e. The highest BCUT2D eigenvalue weighted by Gasteiger charge is 2.09. The van der Waals surface area contributed by atoms with Gasteiger partial charge in [0.05, 0.1) is 7.11 Å². The first kappa shape index (κ1) is 12.4. The van der Waals surface area contributed by atoms with Gasteiger partial charge in [-0.2, -0.15) is 0 Å². The summed E-state index contributed by atoms with van der Waals surface area (Å²) < 4.78 is 5.17. The number of hydrogen-bond acceptors (Lipinski definition) is 3. The van der Waals surface area contributed by atoms with Crippen molar-refractivity contribution in [2.24, 2.45) is 11.5 Å². The Bertz CT molecular complexity index is 581. The number of benzene rings is 2. The van der Waals surface area contributed by atoms with Crippen molar-refractivity contribution in [3.63, 3.8) is 0 Å². The van der Waals surface area contributed by atoms with Crippen molar-refractivity contribution in [1.82, 2.24) is 0 Å². The van der Waals surface area contributed by atoms with Crippen molar-refractivity contribution < 1.29 is 9.53 Å². The number of carbonyl (C=O) groups excluding carboxylic acids is 1. The van der Waals surface area contributed by atoms with Crippen LogP contribution in [-0.2, 0) is 4.79 Å². The second kappa shape index (κ2) is 5.06. The van der Waals surface area contributed by atoms with Crippen molar-refractivity contribution in [1.29, 1.82) is 0 Å². The number of ether oxygens (including phenoxy) is 1. The molecule has 2 aromatic rings. The van der Waals surface area contributed by atoms with Gasteiger partial charge in [-0.25, -0.2) is 0 Å². The van der Waals surface area contributed by atoms with Gasteiger partial charge in [0.2, 0.25) is 5.91 Å². The van der Waals surface area contributed by atoms with Crippen LogP contribution in [-0.4, -0.2) is 13.0 Å². The molecule has 0 aromatic heterocycles. The topological polar surface area (TPSA) is 78.3 Å². The molecule has 2 rings (SSSR count). The molecule has 18 heavy (non-hydrogen) atoms. The Morgan fingerprint density at radius 3 is 2.56 bits per heavy atom. The number of nitrogens with two attached hydrogens (primary N) is 2. The summed E-state index contributed by atoms with van der Waals surface area (Å²) in [5.41, 5.74) is 12.0.